The standard InChI is InChI=1S/C9H16N2O2/c1-13-11-9(12)10-7-8-5-3-2-4-6-8/h2-3,8H,4-7H2,1H3,(H2,10,11,12). The van der Waals surface area contributed by atoms with Crippen LogP contribution in [-0.2, 0) is 4.84 Å². The first-order chi connectivity index (χ1) is 6.33. The van der Waals surface area contributed by atoms with E-state index in [1.54, 1.807) is 0 Å². The Morgan fingerprint density at radius 3 is 3.08 bits per heavy atom. The summed E-state index contributed by atoms with van der Waals surface area (Å²) >= 11 is 0. The minimum absolute atomic E-state index is 0.267. The Morgan fingerprint density at radius 2 is 2.46 bits per heavy atom. The first kappa shape index (κ1) is 10.1. The largest absolute Gasteiger partial charge is 0.338 e. The van der Waals surface area contributed by atoms with Gasteiger partial charge in [-0.2, -0.15) is 0 Å². The van der Waals surface area contributed by atoms with E-state index in [4.69, 9.17) is 0 Å². The predicted octanol–water partition coefficient (Wildman–Crippen LogP) is 1.20. The highest BCUT2D eigenvalue weighted by atomic mass is 16.6. The first-order valence-electron chi connectivity index (χ1n) is 4.54. The lowest BCUT2D eigenvalue weighted by Crippen LogP contribution is -2.37. The van der Waals surface area contributed by atoms with Crippen LogP contribution in [0.15, 0.2) is 12.2 Å². The summed E-state index contributed by atoms with van der Waals surface area (Å²) in [6.07, 6.45) is 7.70. The third kappa shape index (κ3) is 3.94. The van der Waals surface area contributed by atoms with Crippen LogP contribution in [0, 0.1) is 5.92 Å². The Morgan fingerprint density at radius 1 is 1.62 bits per heavy atom. The Bertz CT molecular complexity index is 192. The highest BCUT2D eigenvalue weighted by Gasteiger charge is 2.10. The van der Waals surface area contributed by atoms with Gasteiger partial charge in [-0.1, -0.05) is 12.2 Å². The van der Waals surface area contributed by atoms with Crippen molar-refractivity contribution in [1.29, 1.82) is 0 Å². The zero-order valence-electron chi connectivity index (χ0n) is 7.88. The second-order valence-corrected chi connectivity index (χ2v) is 3.17. The van der Waals surface area contributed by atoms with Crippen molar-refractivity contribution in [1.82, 2.24) is 10.8 Å². The van der Waals surface area contributed by atoms with Crippen molar-refractivity contribution in [3.8, 4) is 0 Å². The van der Waals surface area contributed by atoms with E-state index in [1.165, 1.54) is 7.11 Å². The summed E-state index contributed by atoms with van der Waals surface area (Å²) in [5.41, 5.74) is 2.22. The van der Waals surface area contributed by atoms with Gasteiger partial charge in [-0.25, -0.2) is 10.3 Å². The fourth-order valence-electron chi connectivity index (χ4n) is 1.41. The van der Waals surface area contributed by atoms with E-state index in [0.717, 1.165) is 25.8 Å². The quantitative estimate of drug-likeness (QED) is 0.511. The maximum atomic E-state index is 10.9. The van der Waals surface area contributed by atoms with Crippen LogP contribution >= 0.6 is 0 Å². The van der Waals surface area contributed by atoms with Crippen molar-refractivity contribution in [2.75, 3.05) is 13.7 Å². The number of carbonyl (C=O) groups excluding carboxylic acids is 1. The van der Waals surface area contributed by atoms with Gasteiger partial charge in [-0.05, 0) is 25.2 Å². The summed E-state index contributed by atoms with van der Waals surface area (Å²) in [6, 6.07) is -0.267. The maximum absolute atomic E-state index is 10.9. The van der Waals surface area contributed by atoms with Crippen LogP contribution in [0.2, 0.25) is 0 Å². The van der Waals surface area contributed by atoms with Crippen LogP contribution in [0.5, 0.6) is 0 Å². The minimum atomic E-state index is -0.267. The van der Waals surface area contributed by atoms with E-state index in [0.29, 0.717) is 5.92 Å². The van der Waals surface area contributed by atoms with Crippen molar-refractivity contribution in [2.24, 2.45) is 5.92 Å². The highest BCUT2D eigenvalue weighted by molar-refractivity contribution is 5.72. The van der Waals surface area contributed by atoms with E-state index >= 15 is 0 Å². The zero-order valence-corrected chi connectivity index (χ0v) is 7.88. The molecule has 0 saturated carbocycles. The molecule has 2 N–H and O–H groups in total. The van der Waals surface area contributed by atoms with E-state index in [2.05, 4.69) is 27.8 Å². The molecule has 0 spiro atoms. The van der Waals surface area contributed by atoms with E-state index in [-0.39, 0.29) is 6.03 Å². The minimum Gasteiger partial charge on any atom is -0.336 e. The maximum Gasteiger partial charge on any atom is 0.338 e. The smallest absolute Gasteiger partial charge is 0.336 e. The lowest BCUT2D eigenvalue weighted by molar-refractivity contribution is 0.107. The van der Waals surface area contributed by atoms with Gasteiger partial charge < -0.3 is 5.32 Å². The van der Waals surface area contributed by atoms with Gasteiger partial charge in [0.25, 0.3) is 0 Å². The monoisotopic (exact) mass is 184 g/mol. The van der Waals surface area contributed by atoms with Gasteiger partial charge in [0.05, 0.1) is 7.11 Å². The summed E-state index contributed by atoms with van der Waals surface area (Å²) in [4.78, 5) is 15.4. The van der Waals surface area contributed by atoms with Crippen LogP contribution in [0.3, 0.4) is 0 Å². The molecule has 4 heteroatoms. The number of allylic oxidation sites excluding steroid dienone is 2. The molecule has 0 heterocycles. The molecule has 2 amide bonds. The number of hydrogen-bond donors (Lipinski definition) is 2. The summed E-state index contributed by atoms with van der Waals surface area (Å²) in [6.45, 7) is 0.722. The third-order valence-corrected chi connectivity index (χ3v) is 2.12. The van der Waals surface area contributed by atoms with Gasteiger partial charge >= 0.3 is 6.03 Å². The van der Waals surface area contributed by atoms with Crippen LogP contribution in [0.25, 0.3) is 0 Å². The average Bonchev–Trinajstić information content (AvgIpc) is 2.17. The Hall–Kier alpha value is -1.03. The Balaban J connectivity index is 2.11. The number of hydroxylamine groups is 1. The molecule has 0 bridgehead atoms. The Kier molecular flexibility index (Phi) is 4.32. The molecule has 0 saturated heterocycles. The molecule has 4 nitrogen and oxygen atoms in total. The molecule has 1 rings (SSSR count). The number of rotatable bonds is 3. The molecule has 74 valence electrons. The van der Waals surface area contributed by atoms with Crippen molar-refractivity contribution in [2.45, 2.75) is 19.3 Å². The van der Waals surface area contributed by atoms with Gasteiger partial charge in [0, 0.05) is 6.54 Å². The van der Waals surface area contributed by atoms with Crippen molar-refractivity contribution < 1.29 is 9.63 Å². The summed E-state index contributed by atoms with van der Waals surface area (Å²) < 4.78 is 0. The average molecular weight is 184 g/mol. The first-order valence-corrected chi connectivity index (χ1v) is 4.54. The van der Waals surface area contributed by atoms with Crippen LogP contribution < -0.4 is 10.8 Å². The van der Waals surface area contributed by atoms with Crippen molar-refractivity contribution in [3.05, 3.63) is 12.2 Å². The second kappa shape index (κ2) is 5.59. The molecule has 0 aromatic heterocycles. The molecule has 0 aromatic carbocycles. The molecule has 1 aliphatic carbocycles. The number of amides is 2. The molecule has 13 heavy (non-hydrogen) atoms. The molecular formula is C9H16N2O2. The molecular weight excluding hydrogens is 168 g/mol. The number of urea groups is 1. The number of hydrogen-bond acceptors (Lipinski definition) is 2. The molecule has 0 fully saturated rings. The molecule has 1 atom stereocenters. The summed E-state index contributed by atoms with van der Waals surface area (Å²) in [5.74, 6) is 0.576. The molecule has 1 aliphatic rings. The lowest BCUT2D eigenvalue weighted by atomic mass is 9.94. The number of nitrogens with one attached hydrogen (secondary N) is 2. The van der Waals surface area contributed by atoms with E-state index in [1.807, 2.05) is 0 Å². The molecule has 0 aromatic rings. The second-order valence-electron chi connectivity index (χ2n) is 3.17. The van der Waals surface area contributed by atoms with Crippen LogP contribution in [0.1, 0.15) is 19.3 Å². The van der Waals surface area contributed by atoms with Gasteiger partial charge in [0.15, 0.2) is 0 Å². The fraction of sp³-hybridized carbons (Fsp3) is 0.667. The molecule has 1 unspecified atom stereocenters. The SMILES string of the molecule is CONC(=O)NCC1CC=CCC1. The number of carbonyl (C=O) groups is 1. The van der Waals surface area contributed by atoms with Crippen molar-refractivity contribution >= 4 is 6.03 Å². The highest BCUT2D eigenvalue weighted by Crippen LogP contribution is 2.16. The predicted molar refractivity (Wildman–Crippen MR) is 50.0 cm³/mol. The zero-order chi connectivity index (χ0) is 9.52. The fourth-order valence-corrected chi connectivity index (χ4v) is 1.41. The Labute approximate surface area is 78.3 Å². The van der Waals surface area contributed by atoms with Gasteiger partial charge in [0.1, 0.15) is 0 Å². The van der Waals surface area contributed by atoms with E-state index in [9.17, 15) is 4.79 Å². The summed E-state index contributed by atoms with van der Waals surface area (Å²) in [7, 11) is 1.42. The normalized spacial score (nSPS) is 21.2. The molecule has 0 radical (unpaired) electrons. The van der Waals surface area contributed by atoms with Crippen molar-refractivity contribution in [3.63, 3.8) is 0 Å². The lowest BCUT2D eigenvalue weighted by Gasteiger charge is -2.17. The van der Waals surface area contributed by atoms with Gasteiger partial charge in [-0.15, -0.1) is 0 Å². The van der Waals surface area contributed by atoms with Crippen LogP contribution in [0.4, 0.5) is 4.79 Å². The topological polar surface area (TPSA) is 50.4 Å². The summed E-state index contributed by atoms with van der Waals surface area (Å²) in [5, 5.41) is 2.74. The van der Waals surface area contributed by atoms with Gasteiger partial charge in [-0.3, -0.25) is 4.84 Å². The molecule has 0 aliphatic heterocycles. The third-order valence-electron chi connectivity index (χ3n) is 2.12. The van der Waals surface area contributed by atoms with Gasteiger partial charge in [0.2, 0.25) is 0 Å². The van der Waals surface area contributed by atoms with Crippen LogP contribution in [-0.4, -0.2) is 19.7 Å². The van der Waals surface area contributed by atoms with E-state index < -0.39 is 0 Å².